The van der Waals surface area contributed by atoms with Crippen molar-refractivity contribution in [3.63, 3.8) is 0 Å². The molecule has 4 N–H and O–H groups in total. The van der Waals surface area contributed by atoms with Gasteiger partial charge < -0.3 is 25.5 Å². The maximum absolute atomic E-state index is 12.1. The number of carboxylic acid groups (broad SMARTS) is 1. The number of urea groups is 1. The van der Waals surface area contributed by atoms with Crippen LogP contribution in [0, 0.1) is 0 Å². The fourth-order valence-corrected chi connectivity index (χ4v) is 1.78. The number of hydrogen-bond acceptors (Lipinski definition) is 4. The third-order valence-electron chi connectivity index (χ3n) is 2.72. The molecule has 1 rings (SSSR count). The van der Waals surface area contributed by atoms with Gasteiger partial charge in [0.05, 0.1) is 12.1 Å². The van der Waals surface area contributed by atoms with Crippen molar-refractivity contribution < 1.29 is 24.9 Å². The van der Waals surface area contributed by atoms with E-state index in [1.165, 1.54) is 23.1 Å². The second kappa shape index (κ2) is 6.45. The van der Waals surface area contributed by atoms with Crippen molar-refractivity contribution in [3.05, 3.63) is 23.8 Å². The number of aliphatic hydroxyl groups is 1. The van der Waals surface area contributed by atoms with Crippen molar-refractivity contribution >= 4 is 17.7 Å². The molecule has 0 fully saturated rings. The Balaban J connectivity index is 2.87. The van der Waals surface area contributed by atoms with Gasteiger partial charge in [0.2, 0.25) is 0 Å². The van der Waals surface area contributed by atoms with Crippen molar-refractivity contribution in [1.29, 1.82) is 0 Å². The van der Waals surface area contributed by atoms with E-state index in [0.29, 0.717) is 6.54 Å². The number of carboxylic acids is 1. The molecule has 0 spiro atoms. The minimum absolute atomic E-state index is 0.138. The molecule has 21 heavy (non-hydrogen) atoms. The van der Waals surface area contributed by atoms with Gasteiger partial charge in [0.15, 0.2) is 0 Å². The number of carbonyl (C=O) groups excluding carboxylic acids is 1. The van der Waals surface area contributed by atoms with Gasteiger partial charge >= 0.3 is 12.0 Å². The van der Waals surface area contributed by atoms with Crippen LogP contribution in [0.25, 0.3) is 0 Å². The van der Waals surface area contributed by atoms with Crippen molar-refractivity contribution in [3.8, 4) is 5.75 Å². The fourth-order valence-electron chi connectivity index (χ4n) is 1.78. The van der Waals surface area contributed by atoms with Crippen LogP contribution in [-0.4, -0.2) is 50.9 Å². The van der Waals surface area contributed by atoms with Crippen LogP contribution < -0.4 is 5.32 Å². The number of hydrogen-bond donors (Lipinski definition) is 4. The highest BCUT2D eigenvalue weighted by Crippen LogP contribution is 2.21. The van der Waals surface area contributed by atoms with Gasteiger partial charge in [0.1, 0.15) is 11.3 Å². The number of phenols is 1. The SMILES string of the molecule is CCN(CC(C)(C)O)C(=O)Nc1ccc(O)c(C(=O)O)c1. The summed E-state index contributed by atoms with van der Waals surface area (Å²) in [5.41, 5.74) is -1.07. The lowest BCUT2D eigenvalue weighted by Crippen LogP contribution is -2.44. The summed E-state index contributed by atoms with van der Waals surface area (Å²) in [6.07, 6.45) is 0. The Morgan fingerprint density at radius 2 is 1.95 bits per heavy atom. The summed E-state index contributed by atoms with van der Waals surface area (Å²) in [6, 6.07) is 3.32. The maximum Gasteiger partial charge on any atom is 0.339 e. The van der Waals surface area contributed by atoms with E-state index in [4.69, 9.17) is 5.11 Å². The standard InChI is InChI=1S/C14H20N2O5/c1-4-16(8-14(2,3)21)13(20)15-9-5-6-11(17)10(7-9)12(18)19/h5-7,17,21H,4,8H2,1-3H3,(H,15,20)(H,18,19). The summed E-state index contributed by atoms with van der Waals surface area (Å²) in [4.78, 5) is 24.4. The molecule has 0 radical (unpaired) electrons. The number of carbonyl (C=O) groups is 2. The first-order chi connectivity index (χ1) is 9.64. The second-order valence-corrected chi connectivity index (χ2v) is 5.29. The average molecular weight is 296 g/mol. The van der Waals surface area contributed by atoms with Crippen LogP contribution >= 0.6 is 0 Å². The first-order valence-corrected chi connectivity index (χ1v) is 6.48. The topological polar surface area (TPSA) is 110 Å². The first-order valence-electron chi connectivity index (χ1n) is 6.48. The summed E-state index contributed by atoms with van der Waals surface area (Å²) in [6.45, 7) is 5.47. The van der Waals surface area contributed by atoms with Gasteiger partial charge in [-0.15, -0.1) is 0 Å². The van der Waals surface area contributed by atoms with Crippen LogP contribution in [0.4, 0.5) is 10.5 Å². The predicted octanol–water partition coefficient (Wildman–Crippen LogP) is 1.72. The minimum Gasteiger partial charge on any atom is -0.507 e. The fraction of sp³-hybridized carbons (Fsp3) is 0.429. The number of anilines is 1. The monoisotopic (exact) mass is 296 g/mol. The van der Waals surface area contributed by atoms with E-state index < -0.39 is 17.6 Å². The molecule has 2 amide bonds. The molecule has 0 aliphatic heterocycles. The molecular weight excluding hydrogens is 276 g/mol. The van der Waals surface area contributed by atoms with Gasteiger partial charge in [-0.1, -0.05) is 0 Å². The number of nitrogens with one attached hydrogen (secondary N) is 1. The molecule has 0 bridgehead atoms. The van der Waals surface area contributed by atoms with Crippen LogP contribution in [0.15, 0.2) is 18.2 Å². The highest BCUT2D eigenvalue weighted by molar-refractivity contribution is 5.95. The largest absolute Gasteiger partial charge is 0.507 e. The smallest absolute Gasteiger partial charge is 0.339 e. The number of nitrogens with zero attached hydrogens (tertiary/aromatic N) is 1. The number of rotatable bonds is 5. The second-order valence-electron chi connectivity index (χ2n) is 5.29. The van der Waals surface area contributed by atoms with E-state index in [2.05, 4.69) is 5.32 Å². The summed E-state index contributed by atoms with van der Waals surface area (Å²) in [7, 11) is 0. The quantitative estimate of drug-likeness (QED) is 0.618. The molecule has 116 valence electrons. The van der Waals surface area contributed by atoms with E-state index >= 15 is 0 Å². The Morgan fingerprint density at radius 1 is 1.33 bits per heavy atom. The molecule has 1 aromatic carbocycles. The molecule has 1 aromatic rings. The van der Waals surface area contributed by atoms with Crippen molar-refractivity contribution in [2.24, 2.45) is 0 Å². The van der Waals surface area contributed by atoms with Crippen LogP contribution in [0.3, 0.4) is 0 Å². The van der Waals surface area contributed by atoms with E-state index in [1.807, 2.05) is 0 Å². The number of likely N-dealkylation sites (N-methyl/N-ethyl adjacent to an activating group) is 1. The average Bonchev–Trinajstić information content (AvgIpc) is 2.36. The van der Waals surface area contributed by atoms with E-state index in [1.54, 1.807) is 20.8 Å². The predicted molar refractivity (Wildman–Crippen MR) is 77.6 cm³/mol. The zero-order valence-electron chi connectivity index (χ0n) is 12.3. The maximum atomic E-state index is 12.1. The minimum atomic E-state index is -1.28. The summed E-state index contributed by atoms with van der Waals surface area (Å²) < 4.78 is 0. The molecule has 0 atom stereocenters. The molecule has 0 aliphatic rings. The lowest BCUT2D eigenvalue weighted by Gasteiger charge is -2.28. The van der Waals surface area contributed by atoms with Gasteiger partial charge in [0.25, 0.3) is 0 Å². The lowest BCUT2D eigenvalue weighted by molar-refractivity contribution is 0.0501. The lowest BCUT2D eigenvalue weighted by atomic mass is 10.1. The summed E-state index contributed by atoms with van der Waals surface area (Å²) in [5, 5.41) is 30.6. The zero-order chi connectivity index (χ0) is 16.2. The van der Waals surface area contributed by atoms with Gasteiger partial charge in [-0.3, -0.25) is 0 Å². The molecule has 0 unspecified atom stereocenters. The van der Waals surface area contributed by atoms with Crippen molar-refractivity contribution in [2.75, 3.05) is 18.4 Å². The van der Waals surface area contributed by atoms with Crippen LogP contribution in [0.1, 0.15) is 31.1 Å². The molecule has 0 saturated carbocycles. The highest BCUT2D eigenvalue weighted by atomic mass is 16.4. The van der Waals surface area contributed by atoms with Crippen molar-refractivity contribution in [2.45, 2.75) is 26.4 Å². The number of aromatic carboxylic acids is 1. The van der Waals surface area contributed by atoms with Crippen molar-refractivity contribution in [1.82, 2.24) is 4.90 Å². The van der Waals surface area contributed by atoms with E-state index in [0.717, 1.165) is 0 Å². The molecule has 7 heteroatoms. The summed E-state index contributed by atoms with van der Waals surface area (Å²) in [5.74, 6) is -1.66. The first kappa shape index (κ1) is 16.8. The third-order valence-corrected chi connectivity index (χ3v) is 2.72. The Hall–Kier alpha value is -2.28. The number of benzene rings is 1. The molecular formula is C14H20N2O5. The number of aromatic hydroxyl groups is 1. The van der Waals surface area contributed by atoms with Gasteiger partial charge in [-0.05, 0) is 39.0 Å². The van der Waals surface area contributed by atoms with Gasteiger partial charge in [-0.25, -0.2) is 9.59 Å². The third kappa shape index (κ3) is 4.96. The highest BCUT2D eigenvalue weighted by Gasteiger charge is 2.21. The normalized spacial score (nSPS) is 11.0. The summed E-state index contributed by atoms with van der Waals surface area (Å²) >= 11 is 0. The molecule has 7 nitrogen and oxygen atoms in total. The molecule has 0 aliphatic carbocycles. The van der Waals surface area contributed by atoms with Gasteiger partial charge in [0, 0.05) is 12.2 Å². The van der Waals surface area contributed by atoms with E-state index in [9.17, 15) is 19.8 Å². The van der Waals surface area contributed by atoms with Crippen LogP contribution in [0.5, 0.6) is 5.75 Å². The molecule has 0 heterocycles. The van der Waals surface area contributed by atoms with E-state index in [-0.39, 0.29) is 23.5 Å². The molecule has 0 aromatic heterocycles. The number of amides is 2. The zero-order valence-corrected chi connectivity index (χ0v) is 12.3. The Bertz CT molecular complexity index is 537. The van der Waals surface area contributed by atoms with Crippen LogP contribution in [0.2, 0.25) is 0 Å². The molecule has 0 saturated heterocycles. The Morgan fingerprint density at radius 3 is 2.43 bits per heavy atom. The van der Waals surface area contributed by atoms with Gasteiger partial charge in [-0.2, -0.15) is 0 Å². The van der Waals surface area contributed by atoms with Crippen LogP contribution in [-0.2, 0) is 0 Å². The Kier molecular flexibility index (Phi) is 5.15. The Labute approximate surface area is 122 Å².